The van der Waals surface area contributed by atoms with Crippen LogP contribution in [-0.2, 0) is 0 Å². The molecule has 0 spiro atoms. The highest BCUT2D eigenvalue weighted by molar-refractivity contribution is 5.94. The molecule has 6 rings (SSSR count). The SMILES string of the molecule is Cc1cc(C(=O)N2CCC(c3nn(C4CCC(O)CC4)c4nc(N[C@@H](C)c5ccccc5)ncc34)CC2)cc(C)n1. The molecule has 4 aromatic rings. The van der Waals surface area contributed by atoms with E-state index in [4.69, 9.17) is 15.1 Å². The first kappa shape index (κ1) is 27.3. The van der Waals surface area contributed by atoms with Crippen molar-refractivity contribution in [2.45, 2.75) is 83.4 Å². The van der Waals surface area contributed by atoms with E-state index in [-0.39, 0.29) is 30.0 Å². The number of pyridine rings is 1. The zero-order valence-corrected chi connectivity index (χ0v) is 24.1. The summed E-state index contributed by atoms with van der Waals surface area (Å²) >= 11 is 0. The van der Waals surface area contributed by atoms with Gasteiger partial charge in [-0.15, -0.1) is 0 Å². The maximum Gasteiger partial charge on any atom is 0.253 e. The van der Waals surface area contributed by atoms with Gasteiger partial charge < -0.3 is 15.3 Å². The van der Waals surface area contributed by atoms with Crippen LogP contribution < -0.4 is 5.32 Å². The minimum absolute atomic E-state index is 0.0594. The summed E-state index contributed by atoms with van der Waals surface area (Å²) in [6.45, 7) is 7.33. The quantitative estimate of drug-likeness (QED) is 0.324. The number of amides is 1. The molecule has 0 radical (unpaired) electrons. The van der Waals surface area contributed by atoms with Gasteiger partial charge in [-0.2, -0.15) is 10.1 Å². The molecule has 1 aliphatic heterocycles. The van der Waals surface area contributed by atoms with E-state index >= 15 is 0 Å². The Hall–Kier alpha value is -3.85. The molecule has 9 nitrogen and oxygen atoms in total. The number of hydrogen-bond donors (Lipinski definition) is 2. The molecule has 1 aromatic carbocycles. The minimum Gasteiger partial charge on any atom is -0.393 e. The van der Waals surface area contributed by atoms with E-state index in [1.165, 1.54) is 5.56 Å². The fourth-order valence-corrected chi connectivity index (χ4v) is 6.39. The molecule has 1 saturated carbocycles. The Kier molecular flexibility index (Phi) is 7.71. The van der Waals surface area contributed by atoms with Crippen molar-refractivity contribution in [2.75, 3.05) is 18.4 Å². The second kappa shape index (κ2) is 11.6. The summed E-state index contributed by atoms with van der Waals surface area (Å²) in [5.74, 6) is 0.879. The number of rotatable bonds is 6. The molecule has 4 heterocycles. The first-order valence-corrected chi connectivity index (χ1v) is 14.8. The molecule has 2 aliphatic rings. The van der Waals surface area contributed by atoms with Crippen LogP contribution in [0.4, 0.5) is 5.95 Å². The number of aliphatic hydroxyl groups is 1. The van der Waals surface area contributed by atoms with Crippen LogP contribution in [0.3, 0.4) is 0 Å². The van der Waals surface area contributed by atoms with Crippen molar-refractivity contribution in [3.05, 3.63) is 76.9 Å². The number of nitrogens with zero attached hydrogens (tertiary/aromatic N) is 6. The third-order valence-electron chi connectivity index (χ3n) is 8.63. The summed E-state index contributed by atoms with van der Waals surface area (Å²) in [7, 11) is 0. The topological polar surface area (TPSA) is 109 Å². The normalized spacial score (nSPS) is 20.7. The summed E-state index contributed by atoms with van der Waals surface area (Å²) in [5.41, 5.74) is 5.48. The predicted molar refractivity (Wildman–Crippen MR) is 159 cm³/mol. The highest BCUT2D eigenvalue weighted by atomic mass is 16.3. The first-order valence-electron chi connectivity index (χ1n) is 14.8. The van der Waals surface area contributed by atoms with E-state index in [0.717, 1.165) is 66.6 Å². The van der Waals surface area contributed by atoms with Crippen LogP contribution in [0, 0.1) is 13.8 Å². The number of hydrogen-bond acceptors (Lipinski definition) is 7. The third kappa shape index (κ3) is 5.81. The molecular weight excluding hydrogens is 514 g/mol. The van der Waals surface area contributed by atoms with E-state index in [9.17, 15) is 9.90 Å². The minimum atomic E-state index is -0.235. The first-order chi connectivity index (χ1) is 19.9. The van der Waals surface area contributed by atoms with Crippen LogP contribution in [0.2, 0.25) is 0 Å². The van der Waals surface area contributed by atoms with Gasteiger partial charge in [-0.3, -0.25) is 9.78 Å². The Balaban J connectivity index is 1.25. The van der Waals surface area contributed by atoms with Crippen LogP contribution in [0.1, 0.15) is 96.5 Å². The molecule has 1 aliphatic carbocycles. The van der Waals surface area contributed by atoms with Gasteiger partial charge in [-0.05, 0) is 77.0 Å². The lowest BCUT2D eigenvalue weighted by atomic mass is 9.92. The van der Waals surface area contributed by atoms with Gasteiger partial charge in [0.2, 0.25) is 5.95 Å². The van der Waals surface area contributed by atoms with Gasteiger partial charge in [0.05, 0.1) is 29.3 Å². The van der Waals surface area contributed by atoms with Crippen molar-refractivity contribution >= 4 is 22.9 Å². The van der Waals surface area contributed by atoms with E-state index in [1.54, 1.807) is 0 Å². The molecule has 1 amide bonds. The maximum absolute atomic E-state index is 13.3. The standard InChI is InChI=1S/C32H39N7O2/c1-20-17-25(18-21(2)34-20)31(41)38-15-13-24(14-16-38)29-28-19-33-32(35-22(3)23-7-5-4-6-8-23)36-30(28)39(37-29)26-9-11-27(40)12-10-26/h4-8,17-19,22,24,26-27,40H,9-16H2,1-3H3,(H,33,35,36)/t22-,26?,27?/m0/s1. The summed E-state index contributed by atoms with van der Waals surface area (Å²) in [6.07, 6.45) is 6.67. The van der Waals surface area contributed by atoms with Gasteiger partial charge in [0.15, 0.2) is 5.65 Å². The Bertz CT molecular complexity index is 1500. The van der Waals surface area contributed by atoms with Crippen molar-refractivity contribution < 1.29 is 9.90 Å². The zero-order chi connectivity index (χ0) is 28.5. The summed E-state index contributed by atoms with van der Waals surface area (Å²) in [5, 5.41) is 19.8. The van der Waals surface area contributed by atoms with Crippen LogP contribution >= 0.6 is 0 Å². The second-order valence-corrected chi connectivity index (χ2v) is 11.7. The number of benzene rings is 1. The largest absolute Gasteiger partial charge is 0.393 e. The number of piperidine rings is 1. The fourth-order valence-electron chi connectivity index (χ4n) is 6.39. The molecule has 2 N–H and O–H groups in total. The van der Waals surface area contributed by atoms with Crippen molar-refractivity contribution in [3.63, 3.8) is 0 Å². The van der Waals surface area contributed by atoms with Gasteiger partial charge in [0.25, 0.3) is 5.91 Å². The summed E-state index contributed by atoms with van der Waals surface area (Å²) in [4.78, 5) is 29.3. The number of fused-ring (bicyclic) bond motifs is 1. The average Bonchev–Trinajstić information content (AvgIpc) is 3.36. The number of carbonyl (C=O) groups excluding carboxylic acids is 1. The van der Waals surface area contributed by atoms with Crippen LogP contribution in [0.25, 0.3) is 11.0 Å². The summed E-state index contributed by atoms with van der Waals surface area (Å²) in [6, 6.07) is 14.3. The van der Waals surface area contributed by atoms with Crippen LogP contribution in [0.5, 0.6) is 0 Å². The van der Waals surface area contributed by atoms with Gasteiger partial charge in [-0.1, -0.05) is 30.3 Å². The smallest absolute Gasteiger partial charge is 0.253 e. The van der Waals surface area contributed by atoms with Crippen LogP contribution in [0.15, 0.2) is 48.7 Å². The van der Waals surface area contributed by atoms with Gasteiger partial charge in [0.1, 0.15) is 0 Å². The Labute approximate surface area is 241 Å². The van der Waals surface area contributed by atoms with Crippen molar-refractivity contribution in [2.24, 2.45) is 0 Å². The van der Waals surface area contributed by atoms with Gasteiger partial charge >= 0.3 is 0 Å². The number of nitrogens with one attached hydrogen (secondary N) is 1. The maximum atomic E-state index is 13.3. The lowest BCUT2D eigenvalue weighted by Gasteiger charge is -2.31. The van der Waals surface area contributed by atoms with Crippen molar-refractivity contribution in [1.82, 2.24) is 29.6 Å². The number of carbonyl (C=O) groups is 1. The lowest BCUT2D eigenvalue weighted by Crippen LogP contribution is -2.38. The molecule has 2 fully saturated rings. The number of aliphatic hydroxyl groups excluding tert-OH is 1. The molecule has 9 heteroatoms. The molecule has 1 saturated heterocycles. The molecule has 214 valence electrons. The highest BCUT2D eigenvalue weighted by Crippen LogP contribution is 2.37. The number of aromatic nitrogens is 5. The predicted octanol–water partition coefficient (Wildman–Crippen LogP) is 5.51. The van der Waals surface area contributed by atoms with E-state index in [1.807, 2.05) is 55.3 Å². The Morgan fingerprint density at radius 3 is 2.34 bits per heavy atom. The molecular formula is C32H39N7O2. The van der Waals surface area contributed by atoms with Gasteiger partial charge in [-0.25, -0.2) is 9.67 Å². The molecule has 0 bridgehead atoms. The number of anilines is 1. The average molecular weight is 554 g/mol. The van der Waals surface area contributed by atoms with Crippen molar-refractivity contribution in [3.8, 4) is 0 Å². The van der Waals surface area contributed by atoms with Crippen LogP contribution in [-0.4, -0.2) is 59.8 Å². The van der Waals surface area contributed by atoms with Gasteiger partial charge in [0, 0.05) is 42.2 Å². The number of aryl methyl sites for hydroxylation is 2. The monoisotopic (exact) mass is 553 g/mol. The zero-order valence-electron chi connectivity index (χ0n) is 24.1. The number of likely N-dealkylation sites (tertiary alicyclic amines) is 1. The highest BCUT2D eigenvalue weighted by Gasteiger charge is 2.31. The molecule has 0 unspecified atom stereocenters. The second-order valence-electron chi connectivity index (χ2n) is 11.7. The van der Waals surface area contributed by atoms with E-state index < -0.39 is 0 Å². The lowest BCUT2D eigenvalue weighted by molar-refractivity contribution is 0.0711. The fraction of sp³-hybridized carbons (Fsp3) is 0.469. The van der Waals surface area contributed by atoms with Crippen molar-refractivity contribution in [1.29, 1.82) is 0 Å². The molecule has 3 aromatic heterocycles. The molecule has 1 atom stereocenters. The Morgan fingerprint density at radius 2 is 1.66 bits per heavy atom. The molecule has 41 heavy (non-hydrogen) atoms. The van der Waals surface area contributed by atoms with E-state index in [2.05, 4.69) is 34.0 Å². The third-order valence-corrected chi connectivity index (χ3v) is 8.63. The summed E-state index contributed by atoms with van der Waals surface area (Å²) < 4.78 is 2.09. The van der Waals surface area contributed by atoms with E-state index in [0.29, 0.717) is 24.6 Å². The Morgan fingerprint density at radius 1 is 0.976 bits per heavy atom.